The number of terminal acetylenes is 1. The summed E-state index contributed by atoms with van der Waals surface area (Å²) in [6.45, 7) is 0. The number of rotatable bonds is 1. The first-order valence-corrected chi connectivity index (χ1v) is 3.55. The van der Waals surface area contributed by atoms with Gasteiger partial charge in [0.15, 0.2) is 11.6 Å². The summed E-state index contributed by atoms with van der Waals surface area (Å²) < 4.78 is 64.2. The lowest BCUT2D eigenvalue weighted by atomic mass is 10.2. The Kier molecular flexibility index (Phi) is 2.84. The lowest BCUT2D eigenvalue weighted by Gasteiger charge is -2.10. The van der Waals surface area contributed by atoms with Crippen molar-refractivity contribution in [3.63, 3.8) is 0 Å². The van der Waals surface area contributed by atoms with Crippen molar-refractivity contribution in [2.45, 2.75) is 6.36 Å². The molecule has 0 saturated carbocycles. The fourth-order valence-corrected chi connectivity index (χ4v) is 0.853. The van der Waals surface area contributed by atoms with Gasteiger partial charge in [-0.1, -0.05) is 5.92 Å². The van der Waals surface area contributed by atoms with Crippen LogP contribution in [0, 0.1) is 24.0 Å². The third-order valence-electron chi connectivity index (χ3n) is 1.42. The first-order chi connectivity index (χ1) is 6.85. The predicted molar refractivity (Wildman–Crippen MR) is 41.0 cm³/mol. The van der Waals surface area contributed by atoms with E-state index < -0.39 is 29.3 Å². The molecule has 1 nitrogen and oxygen atoms in total. The van der Waals surface area contributed by atoms with E-state index in [-0.39, 0.29) is 0 Å². The van der Waals surface area contributed by atoms with Crippen molar-refractivity contribution in [2.24, 2.45) is 0 Å². The molecule has 1 aromatic rings. The summed E-state index contributed by atoms with van der Waals surface area (Å²) in [7, 11) is 0. The number of hydrogen-bond donors (Lipinski definition) is 0. The van der Waals surface area contributed by atoms with Crippen LogP contribution in [0.3, 0.4) is 0 Å². The highest BCUT2D eigenvalue weighted by atomic mass is 19.4. The van der Waals surface area contributed by atoms with Crippen molar-refractivity contribution in [3.05, 3.63) is 29.3 Å². The lowest BCUT2D eigenvalue weighted by molar-refractivity contribution is -0.276. The third-order valence-corrected chi connectivity index (χ3v) is 1.42. The van der Waals surface area contributed by atoms with Gasteiger partial charge in [0.1, 0.15) is 0 Å². The molecular formula is C9H3F5O. The van der Waals surface area contributed by atoms with Crippen LogP contribution in [-0.4, -0.2) is 6.36 Å². The van der Waals surface area contributed by atoms with Gasteiger partial charge in [0.05, 0.1) is 5.56 Å². The zero-order valence-corrected chi connectivity index (χ0v) is 7.03. The molecule has 0 N–H and O–H groups in total. The van der Waals surface area contributed by atoms with E-state index in [1.807, 2.05) is 0 Å². The van der Waals surface area contributed by atoms with E-state index in [1.165, 1.54) is 0 Å². The van der Waals surface area contributed by atoms with E-state index in [0.29, 0.717) is 6.07 Å². The molecule has 0 aliphatic rings. The first kappa shape index (κ1) is 11.3. The van der Waals surface area contributed by atoms with Crippen LogP contribution in [-0.2, 0) is 0 Å². The minimum absolute atomic E-state index is 0.504. The van der Waals surface area contributed by atoms with Gasteiger partial charge in [0.25, 0.3) is 0 Å². The molecule has 0 unspecified atom stereocenters. The predicted octanol–water partition coefficient (Wildman–Crippen LogP) is 2.84. The summed E-state index contributed by atoms with van der Waals surface area (Å²) in [5.41, 5.74) is -0.504. The van der Waals surface area contributed by atoms with Gasteiger partial charge < -0.3 is 4.74 Å². The molecule has 0 spiro atoms. The van der Waals surface area contributed by atoms with Crippen LogP contribution in [0.25, 0.3) is 0 Å². The van der Waals surface area contributed by atoms with Gasteiger partial charge in [-0.25, -0.2) is 8.78 Å². The highest BCUT2D eigenvalue weighted by molar-refractivity contribution is 5.41. The summed E-state index contributed by atoms with van der Waals surface area (Å²) in [4.78, 5) is 0. The number of ether oxygens (including phenoxy) is 1. The monoisotopic (exact) mass is 222 g/mol. The Labute approximate surface area is 81.5 Å². The van der Waals surface area contributed by atoms with E-state index in [0.717, 1.165) is 6.07 Å². The smallest absolute Gasteiger partial charge is 0.399 e. The van der Waals surface area contributed by atoms with Gasteiger partial charge in [0, 0.05) is 0 Å². The summed E-state index contributed by atoms with van der Waals surface area (Å²) in [5, 5.41) is 0. The summed E-state index contributed by atoms with van der Waals surface area (Å²) >= 11 is 0. The van der Waals surface area contributed by atoms with Gasteiger partial charge in [-0.2, -0.15) is 0 Å². The van der Waals surface area contributed by atoms with Crippen molar-refractivity contribution in [2.75, 3.05) is 0 Å². The highest BCUT2D eigenvalue weighted by Crippen LogP contribution is 2.29. The maximum Gasteiger partial charge on any atom is 0.573 e. The van der Waals surface area contributed by atoms with E-state index in [9.17, 15) is 22.0 Å². The Hall–Kier alpha value is -1.77. The third kappa shape index (κ3) is 2.59. The second kappa shape index (κ2) is 3.77. The van der Waals surface area contributed by atoms with Crippen molar-refractivity contribution in [1.29, 1.82) is 0 Å². The molecule has 0 aromatic heterocycles. The Morgan fingerprint density at radius 2 is 1.80 bits per heavy atom. The highest BCUT2D eigenvalue weighted by Gasteiger charge is 2.34. The van der Waals surface area contributed by atoms with E-state index in [2.05, 4.69) is 4.74 Å². The van der Waals surface area contributed by atoms with Crippen molar-refractivity contribution in [1.82, 2.24) is 0 Å². The van der Waals surface area contributed by atoms with Crippen LogP contribution < -0.4 is 4.74 Å². The van der Waals surface area contributed by atoms with Crippen molar-refractivity contribution >= 4 is 0 Å². The molecule has 0 heterocycles. The van der Waals surface area contributed by atoms with Gasteiger partial charge in [0.2, 0.25) is 5.75 Å². The van der Waals surface area contributed by atoms with Crippen molar-refractivity contribution < 1.29 is 26.7 Å². The molecule has 0 atom stereocenters. The second-order valence-electron chi connectivity index (χ2n) is 2.43. The summed E-state index contributed by atoms with van der Waals surface area (Å²) in [5.74, 6) is -2.80. The number of benzene rings is 1. The molecule has 1 rings (SSSR count). The van der Waals surface area contributed by atoms with Crippen molar-refractivity contribution in [3.8, 4) is 18.1 Å². The van der Waals surface area contributed by atoms with Gasteiger partial charge in [-0.15, -0.1) is 19.6 Å². The van der Waals surface area contributed by atoms with Crippen LogP contribution in [0.15, 0.2) is 12.1 Å². The zero-order valence-electron chi connectivity index (χ0n) is 7.03. The molecule has 0 bridgehead atoms. The number of alkyl halides is 3. The normalized spacial score (nSPS) is 10.9. The van der Waals surface area contributed by atoms with Crippen LogP contribution in [0.5, 0.6) is 5.75 Å². The topological polar surface area (TPSA) is 9.23 Å². The largest absolute Gasteiger partial charge is 0.573 e. The maximum atomic E-state index is 13.1. The van der Waals surface area contributed by atoms with Crippen LogP contribution in [0.2, 0.25) is 0 Å². The van der Waals surface area contributed by atoms with E-state index >= 15 is 0 Å². The Morgan fingerprint density at radius 1 is 1.20 bits per heavy atom. The Morgan fingerprint density at radius 3 is 2.27 bits per heavy atom. The SMILES string of the molecule is C#Cc1ccc(F)c(OC(F)(F)F)c1F. The van der Waals surface area contributed by atoms with E-state index in [4.69, 9.17) is 6.42 Å². The first-order valence-electron chi connectivity index (χ1n) is 3.55. The fraction of sp³-hybridized carbons (Fsp3) is 0.111. The minimum atomic E-state index is -5.17. The van der Waals surface area contributed by atoms with Gasteiger partial charge in [-0.05, 0) is 12.1 Å². The Bertz CT molecular complexity index is 416. The molecule has 0 aliphatic heterocycles. The molecule has 0 aliphatic carbocycles. The molecule has 6 heteroatoms. The average molecular weight is 222 g/mol. The fourth-order valence-electron chi connectivity index (χ4n) is 0.853. The van der Waals surface area contributed by atoms with Crippen LogP contribution in [0.1, 0.15) is 5.56 Å². The van der Waals surface area contributed by atoms with E-state index in [1.54, 1.807) is 5.92 Å². The van der Waals surface area contributed by atoms with Crippen LogP contribution in [0.4, 0.5) is 22.0 Å². The lowest BCUT2D eigenvalue weighted by Crippen LogP contribution is -2.19. The maximum absolute atomic E-state index is 13.1. The molecule has 0 amide bonds. The summed E-state index contributed by atoms with van der Waals surface area (Å²) in [6.07, 6.45) is -0.388. The van der Waals surface area contributed by atoms with Gasteiger partial charge in [-0.3, -0.25) is 0 Å². The molecule has 1 aromatic carbocycles. The quantitative estimate of drug-likeness (QED) is 0.524. The summed E-state index contributed by atoms with van der Waals surface area (Å²) in [6, 6.07) is 1.44. The van der Waals surface area contributed by atoms with Gasteiger partial charge >= 0.3 is 6.36 Å². The zero-order chi connectivity index (χ0) is 11.6. The molecule has 0 radical (unpaired) electrons. The molecule has 15 heavy (non-hydrogen) atoms. The second-order valence-corrected chi connectivity index (χ2v) is 2.43. The Balaban J connectivity index is 3.23. The molecular weight excluding hydrogens is 219 g/mol. The number of halogens is 5. The molecule has 80 valence electrons. The minimum Gasteiger partial charge on any atom is -0.399 e. The van der Waals surface area contributed by atoms with Crippen LogP contribution >= 0.6 is 0 Å². The molecule has 0 saturated heterocycles. The molecule has 0 fully saturated rings. The number of hydrogen-bond acceptors (Lipinski definition) is 1. The standard InChI is InChI=1S/C9H3F5O/c1-2-5-3-4-6(10)8(7(5)11)15-9(12,13)14/h1,3-4H. The average Bonchev–Trinajstić information content (AvgIpc) is 2.11.